The fourth-order valence-electron chi connectivity index (χ4n) is 1.51. The molecule has 2 rings (SSSR count). The van der Waals surface area contributed by atoms with Crippen LogP contribution in [0.1, 0.15) is 16.7 Å². The lowest BCUT2D eigenvalue weighted by molar-refractivity contribution is 0.617. The van der Waals surface area contributed by atoms with E-state index in [0.29, 0.717) is 0 Å². The van der Waals surface area contributed by atoms with Crippen LogP contribution >= 0.6 is 0 Å². The van der Waals surface area contributed by atoms with Crippen LogP contribution in [0.15, 0.2) is 12.1 Å². The Labute approximate surface area is 59.7 Å². The Morgan fingerprint density at radius 3 is 2.60 bits per heavy atom. The molecule has 1 aliphatic carbocycles. The summed E-state index contributed by atoms with van der Waals surface area (Å²) in [4.78, 5) is 0. The molecular weight excluding hydrogens is 127 g/mol. The smallest absolute Gasteiger partial charge is 0.123 e. The van der Waals surface area contributed by atoms with Gasteiger partial charge in [-0.3, -0.25) is 0 Å². The van der Waals surface area contributed by atoms with Crippen LogP contribution in [-0.4, -0.2) is 0 Å². The van der Waals surface area contributed by atoms with Gasteiger partial charge in [-0.05, 0) is 48.6 Å². The predicted molar refractivity (Wildman–Crippen MR) is 38.5 cm³/mol. The van der Waals surface area contributed by atoms with E-state index in [0.717, 1.165) is 18.4 Å². The van der Waals surface area contributed by atoms with Gasteiger partial charge < -0.3 is 0 Å². The van der Waals surface area contributed by atoms with Crippen LogP contribution in [0, 0.1) is 12.7 Å². The first-order chi connectivity index (χ1) is 4.77. The maximum atomic E-state index is 12.6. The van der Waals surface area contributed by atoms with Crippen LogP contribution in [0.2, 0.25) is 0 Å². The van der Waals surface area contributed by atoms with Crippen molar-refractivity contribution < 1.29 is 4.39 Å². The van der Waals surface area contributed by atoms with E-state index in [1.54, 1.807) is 12.1 Å². The molecule has 0 saturated carbocycles. The van der Waals surface area contributed by atoms with Crippen molar-refractivity contribution in [3.8, 4) is 0 Å². The van der Waals surface area contributed by atoms with Crippen molar-refractivity contribution in [3.63, 3.8) is 0 Å². The van der Waals surface area contributed by atoms with Crippen molar-refractivity contribution in [1.82, 2.24) is 0 Å². The highest BCUT2D eigenvalue weighted by Crippen LogP contribution is 2.26. The molecule has 0 unspecified atom stereocenters. The fourth-order valence-corrected chi connectivity index (χ4v) is 1.51. The largest absolute Gasteiger partial charge is 0.207 e. The number of rotatable bonds is 0. The third-order valence-electron chi connectivity index (χ3n) is 2.17. The third-order valence-corrected chi connectivity index (χ3v) is 2.17. The van der Waals surface area contributed by atoms with Gasteiger partial charge in [0.05, 0.1) is 0 Å². The second-order valence-electron chi connectivity index (χ2n) is 2.86. The standard InChI is InChI=1S/C9H9F/c1-6-4-8(10)5-7-2-3-9(6)7/h4-5H,2-3H2,1H3. The first kappa shape index (κ1) is 5.90. The summed E-state index contributed by atoms with van der Waals surface area (Å²) in [5, 5.41) is 0. The monoisotopic (exact) mass is 136 g/mol. The summed E-state index contributed by atoms with van der Waals surface area (Å²) in [5.41, 5.74) is 3.68. The highest BCUT2D eigenvalue weighted by molar-refractivity contribution is 5.41. The minimum atomic E-state index is -0.0871. The number of fused-ring (bicyclic) bond motifs is 1. The summed E-state index contributed by atoms with van der Waals surface area (Å²) in [5.74, 6) is -0.0871. The van der Waals surface area contributed by atoms with Crippen molar-refractivity contribution in [3.05, 3.63) is 34.6 Å². The molecule has 0 spiro atoms. The number of halogens is 1. The van der Waals surface area contributed by atoms with E-state index in [-0.39, 0.29) is 5.82 Å². The van der Waals surface area contributed by atoms with Crippen LogP contribution in [0.3, 0.4) is 0 Å². The summed E-state index contributed by atoms with van der Waals surface area (Å²) in [6.45, 7) is 1.97. The predicted octanol–water partition coefficient (Wildman–Crippen LogP) is 2.23. The molecule has 0 radical (unpaired) electrons. The van der Waals surface area contributed by atoms with Crippen LogP contribution in [0.4, 0.5) is 4.39 Å². The highest BCUT2D eigenvalue weighted by atomic mass is 19.1. The lowest BCUT2D eigenvalue weighted by atomic mass is 9.85. The van der Waals surface area contributed by atoms with Gasteiger partial charge in [-0.2, -0.15) is 0 Å². The molecule has 1 heteroatoms. The maximum Gasteiger partial charge on any atom is 0.123 e. The normalized spacial score (nSPS) is 14.2. The van der Waals surface area contributed by atoms with Crippen molar-refractivity contribution in [2.45, 2.75) is 19.8 Å². The molecule has 0 heterocycles. The van der Waals surface area contributed by atoms with E-state index in [2.05, 4.69) is 0 Å². The molecule has 1 aromatic carbocycles. The van der Waals surface area contributed by atoms with Crippen LogP contribution in [-0.2, 0) is 12.8 Å². The van der Waals surface area contributed by atoms with Gasteiger partial charge in [-0.1, -0.05) is 0 Å². The second kappa shape index (κ2) is 1.82. The van der Waals surface area contributed by atoms with Crippen molar-refractivity contribution >= 4 is 0 Å². The lowest BCUT2D eigenvalue weighted by Gasteiger charge is -2.20. The zero-order chi connectivity index (χ0) is 7.14. The molecular formula is C9H9F. The summed E-state index contributed by atoms with van der Waals surface area (Å²) in [7, 11) is 0. The average Bonchev–Trinajstić information content (AvgIpc) is 1.77. The summed E-state index contributed by atoms with van der Waals surface area (Å²) >= 11 is 0. The first-order valence-electron chi connectivity index (χ1n) is 3.55. The molecule has 0 saturated heterocycles. The quantitative estimate of drug-likeness (QED) is 0.513. The lowest BCUT2D eigenvalue weighted by Crippen LogP contribution is -2.10. The van der Waals surface area contributed by atoms with Gasteiger partial charge in [0.15, 0.2) is 0 Å². The van der Waals surface area contributed by atoms with E-state index in [1.165, 1.54) is 11.1 Å². The fraction of sp³-hybridized carbons (Fsp3) is 0.333. The Morgan fingerprint density at radius 1 is 1.30 bits per heavy atom. The molecule has 0 aliphatic heterocycles. The SMILES string of the molecule is Cc1cc(F)cc2c1CC2. The van der Waals surface area contributed by atoms with Gasteiger partial charge in [0.1, 0.15) is 5.82 Å². The molecule has 52 valence electrons. The zero-order valence-corrected chi connectivity index (χ0v) is 5.95. The van der Waals surface area contributed by atoms with E-state index < -0.39 is 0 Å². The number of hydrogen-bond donors (Lipinski definition) is 0. The molecule has 0 bridgehead atoms. The van der Waals surface area contributed by atoms with Gasteiger partial charge in [0, 0.05) is 0 Å². The molecule has 0 fully saturated rings. The van der Waals surface area contributed by atoms with E-state index >= 15 is 0 Å². The van der Waals surface area contributed by atoms with E-state index in [1.807, 2.05) is 6.92 Å². The molecule has 0 atom stereocenters. The van der Waals surface area contributed by atoms with E-state index in [9.17, 15) is 4.39 Å². The van der Waals surface area contributed by atoms with Gasteiger partial charge in [-0.25, -0.2) is 4.39 Å². The van der Waals surface area contributed by atoms with E-state index in [4.69, 9.17) is 0 Å². The Bertz CT molecular complexity index is 259. The summed E-state index contributed by atoms with van der Waals surface area (Å²) < 4.78 is 12.6. The summed E-state index contributed by atoms with van der Waals surface area (Å²) in [6.07, 6.45) is 2.20. The molecule has 0 nitrogen and oxygen atoms in total. The van der Waals surface area contributed by atoms with Gasteiger partial charge in [0.2, 0.25) is 0 Å². The first-order valence-corrected chi connectivity index (χ1v) is 3.55. The summed E-state index contributed by atoms with van der Waals surface area (Å²) in [6, 6.07) is 3.25. The number of hydrogen-bond acceptors (Lipinski definition) is 0. The molecule has 10 heavy (non-hydrogen) atoms. The van der Waals surface area contributed by atoms with Gasteiger partial charge in [-0.15, -0.1) is 0 Å². The Morgan fingerprint density at radius 2 is 2.10 bits per heavy atom. The van der Waals surface area contributed by atoms with Crippen molar-refractivity contribution in [2.24, 2.45) is 0 Å². The topological polar surface area (TPSA) is 0 Å². The second-order valence-corrected chi connectivity index (χ2v) is 2.86. The molecule has 1 aliphatic rings. The minimum Gasteiger partial charge on any atom is -0.207 e. The Hall–Kier alpha value is -0.850. The van der Waals surface area contributed by atoms with Crippen molar-refractivity contribution in [2.75, 3.05) is 0 Å². The minimum absolute atomic E-state index is 0.0871. The van der Waals surface area contributed by atoms with Gasteiger partial charge in [0.25, 0.3) is 0 Å². The molecule has 0 amide bonds. The van der Waals surface area contributed by atoms with Crippen LogP contribution in [0.5, 0.6) is 0 Å². The van der Waals surface area contributed by atoms with Gasteiger partial charge >= 0.3 is 0 Å². The highest BCUT2D eigenvalue weighted by Gasteiger charge is 2.15. The average molecular weight is 136 g/mol. The molecule has 0 aromatic heterocycles. The Balaban J connectivity index is 2.63. The molecule has 0 N–H and O–H groups in total. The maximum absolute atomic E-state index is 12.6. The number of aryl methyl sites for hydroxylation is 2. The van der Waals surface area contributed by atoms with Crippen LogP contribution in [0.25, 0.3) is 0 Å². The zero-order valence-electron chi connectivity index (χ0n) is 5.95. The third kappa shape index (κ3) is 0.666. The van der Waals surface area contributed by atoms with Crippen LogP contribution < -0.4 is 0 Å². The van der Waals surface area contributed by atoms with Crippen molar-refractivity contribution in [1.29, 1.82) is 0 Å². The number of benzene rings is 1. The Kier molecular flexibility index (Phi) is 1.07. The molecule has 1 aromatic rings.